The predicted octanol–water partition coefficient (Wildman–Crippen LogP) is 2.82. The van der Waals surface area contributed by atoms with Gasteiger partial charge in [0.15, 0.2) is 0 Å². The molecule has 1 aliphatic rings. The van der Waals surface area contributed by atoms with Crippen molar-refractivity contribution in [3.8, 4) is 0 Å². The van der Waals surface area contributed by atoms with Crippen LogP contribution in [0.25, 0.3) is 0 Å². The number of anilines is 1. The van der Waals surface area contributed by atoms with Gasteiger partial charge in [0.2, 0.25) is 0 Å². The highest BCUT2D eigenvalue weighted by molar-refractivity contribution is 5.61. The molecule has 1 heterocycles. The number of nitro groups is 1. The minimum atomic E-state index is -0.353. The van der Waals surface area contributed by atoms with Gasteiger partial charge in [-0.1, -0.05) is 19.1 Å². The first-order valence-electron chi connectivity index (χ1n) is 6.16. The van der Waals surface area contributed by atoms with Gasteiger partial charge in [-0.15, -0.1) is 0 Å². The van der Waals surface area contributed by atoms with Crippen LogP contribution in [0, 0.1) is 15.5 Å². The number of nitrogens with zero attached hydrogens (tertiary/aromatic N) is 1. The molecule has 0 bridgehead atoms. The zero-order valence-electron chi connectivity index (χ0n) is 10.5. The molecule has 1 fully saturated rings. The molecule has 1 saturated heterocycles. The lowest BCUT2D eigenvalue weighted by atomic mass is 9.82. The summed E-state index contributed by atoms with van der Waals surface area (Å²) in [6.07, 6.45) is 1.97. The van der Waals surface area contributed by atoms with E-state index in [0.717, 1.165) is 32.6 Å². The van der Waals surface area contributed by atoms with Crippen molar-refractivity contribution in [1.82, 2.24) is 0 Å². The predicted molar refractivity (Wildman–Crippen MR) is 69.7 cm³/mol. The second-order valence-corrected chi connectivity index (χ2v) is 5.05. The largest absolute Gasteiger partial charge is 0.381 e. The Morgan fingerprint density at radius 3 is 2.72 bits per heavy atom. The standard InChI is InChI=1S/C13H18N2O3/c1-13(6-8-18-9-7-13)10-14-11-4-2-3-5-12(11)15(16)17/h2-5,14H,6-10H2,1H3. The van der Waals surface area contributed by atoms with Gasteiger partial charge in [0.05, 0.1) is 4.92 Å². The molecular weight excluding hydrogens is 232 g/mol. The van der Waals surface area contributed by atoms with Crippen molar-refractivity contribution in [2.45, 2.75) is 19.8 Å². The van der Waals surface area contributed by atoms with E-state index in [0.29, 0.717) is 5.69 Å². The fraction of sp³-hybridized carbons (Fsp3) is 0.538. The van der Waals surface area contributed by atoms with E-state index in [4.69, 9.17) is 4.74 Å². The first-order chi connectivity index (χ1) is 8.61. The molecule has 2 rings (SSSR count). The van der Waals surface area contributed by atoms with Gasteiger partial charge in [0, 0.05) is 25.8 Å². The van der Waals surface area contributed by atoms with E-state index in [2.05, 4.69) is 12.2 Å². The fourth-order valence-corrected chi connectivity index (χ4v) is 2.13. The minimum absolute atomic E-state index is 0.133. The van der Waals surface area contributed by atoms with E-state index < -0.39 is 0 Å². The number of nitrogens with one attached hydrogen (secondary N) is 1. The van der Waals surface area contributed by atoms with Crippen LogP contribution in [0.4, 0.5) is 11.4 Å². The summed E-state index contributed by atoms with van der Waals surface area (Å²) in [5, 5.41) is 14.1. The first kappa shape index (κ1) is 12.8. The summed E-state index contributed by atoms with van der Waals surface area (Å²) in [6, 6.07) is 6.76. The molecule has 0 saturated carbocycles. The van der Waals surface area contributed by atoms with Crippen LogP contribution in [0.3, 0.4) is 0 Å². The van der Waals surface area contributed by atoms with Crippen LogP contribution in [-0.4, -0.2) is 24.7 Å². The van der Waals surface area contributed by atoms with Gasteiger partial charge in [-0.25, -0.2) is 0 Å². The zero-order valence-corrected chi connectivity index (χ0v) is 10.5. The Hall–Kier alpha value is -1.62. The molecule has 0 aromatic heterocycles. The summed E-state index contributed by atoms with van der Waals surface area (Å²) < 4.78 is 5.34. The van der Waals surface area contributed by atoms with Gasteiger partial charge in [-0.3, -0.25) is 10.1 Å². The minimum Gasteiger partial charge on any atom is -0.381 e. The average Bonchev–Trinajstić information content (AvgIpc) is 2.38. The average molecular weight is 250 g/mol. The Morgan fingerprint density at radius 1 is 1.39 bits per heavy atom. The van der Waals surface area contributed by atoms with Gasteiger partial charge >= 0.3 is 0 Å². The second-order valence-electron chi connectivity index (χ2n) is 5.05. The first-order valence-corrected chi connectivity index (χ1v) is 6.16. The van der Waals surface area contributed by atoms with Crippen LogP contribution >= 0.6 is 0 Å². The molecule has 1 N–H and O–H groups in total. The Balaban J connectivity index is 2.03. The molecule has 18 heavy (non-hydrogen) atoms. The molecule has 5 heteroatoms. The SMILES string of the molecule is CC1(CNc2ccccc2[N+](=O)[O-])CCOCC1. The number of hydrogen-bond donors (Lipinski definition) is 1. The molecule has 0 atom stereocenters. The van der Waals surface area contributed by atoms with Crippen LogP contribution < -0.4 is 5.32 Å². The Morgan fingerprint density at radius 2 is 2.06 bits per heavy atom. The highest BCUT2D eigenvalue weighted by Crippen LogP contribution is 2.31. The summed E-state index contributed by atoms with van der Waals surface area (Å²) in [5.74, 6) is 0. The lowest BCUT2D eigenvalue weighted by molar-refractivity contribution is -0.384. The van der Waals surface area contributed by atoms with Crippen molar-refractivity contribution >= 4 is 11.4 Å². The fourth-order valence-electron chi connectivity index (χ4n) is 2.13. The lowest BCUT2D eigenvalue weighted by Gasteiger charge is -2.33. The van der Waals surface area contributed by atoms with Crippen LogP contribution in [0.2, 0.25) is 0 Å². The molecule has 1 aromatic rings. The van der Waals surface area contributed by atoms with Crippen molar-refractivity contribution in [1.29, 1.82) is 0 Å². The van der Waals surface area contributed by atoms with Crippen LogP contribution in [0.5, 0.6) is 0 Å². The van der Waals surface area contributed by atoms with E-state index in [9.17, 15) is 10.1 Å². The van der Waals surface area contributed by atoms with Gasteiger partial charge in [-0.2, -0.15) is 0 Å². The highest BCUT2D eigenvalue weighted by atomic mass is 16.6. The smallest absolute Gasteiger partial charge is 0.292 e. The van der Waals surface area contributed by atoms with Crippen LogP contribution in [-0.2, 0) is 4.74 Å². The molecule has 5 nitrogen and oxygen atoms in total. The maximum atomic E-state index is 10.9. The number of para-hydroxylation sites is 2. The number of rotatable bonds is 4. The van der Waals surface area contributed by atoms with Crippen molar-refractivity contribution in [3.05, 3.63) is 34.4 Å². The summed E-state index contributed by atoms with van der Waals surface area (Å²) in [4.78, 5) is 10.5. The van der Waals surface area contributed by atoms with E-state index >= 15 is 0 Å². The molecule has 0 spiro atoms. The topological polar surface area (TPSA) is 64.4 Å². The van der Waals surface area contributed by atoms with Gasteiger partial charge < -0.3 is 10.1 Å². The molecule has 0 radical (unpaired) electrons. The van der Waals surface area contributed by atoms with Crippen LogP contribution in [0.1, 0.15) is 19.8 Å². The van der Waals surface area contributed by atoms with E-state index in [-0.39, 0.29) is 16.0 Å². The second kappa shape index (κ2) is 5.35. The molecule has 0 aliphatic carbocycles. The zero-order chi connectivity index (χ0) is 13.0. The van der Waals surface area contributed by atoms with E-state index in [1.165, 1.54) is 6.07 Å². The highest BCUT2D eigenvalue weighted by Gasteiger charge is 2.27. The molecule has 0 amide bonds. The third-order valence-electron chi connectivity index (χ3n) is 3.51. The third-order valence-corrected chi connectivity index (χ3v) is 3.51. The maximum absolute atomic E-state index is 10.9. The monoisotopic (exact) mass is 250 g/mol. The normalized spacial score (nSPS) is 18.3. The molecule has 1 aliphatic heterocycles. The summed E-state index contributed by atoms with van der Waals surface area (Å²) in [6.45, 7) is 4.47. The molecule has 1 aromatic carbocycles. The Bertz CT molecular complexity index is 428. The molecule has 98 valence electrons. The van der Waals surface area contributed by atoms with Crippen molar-refractivity contribution < 1.29 is 9.66 Å². The van der Waals surface area contributed by atoms with E-state index in [1.807, 2.05) is 6.07 Å². The summed E-state index contributed by atoms with van der Waals surface area (Å²) >= 11 is 0. The molecule has 0 unspecified atom stereocenters. The van der Waals surface area contributed by atoms with Crippen molar-refractivity contribution in [2.24, 2.45) is 5.41 Å². The number of benzene rings is 1. The van der Waals surface area contributed by atoms with Gasteiger partial charge in [0.1, 0.15) is 5.69 Å². The third kappa shape index (κ3) is 2.98. The summed E-state index contributed by atoms with van der Waals surface area (Å²) in [7, 11) is 0. The number of nitro benzene ring substituents is 1. The van der Waals surface area contributed by atoms with E-state index in [1.54, 1.807) is 12.1 Å². The Labute approximate surface area is 106 Å². The van der Waals surface area contributed by atoms with Gasteiger partial charge in [-0.05, 0) is 24.3 Å². The van der Waals surface area contributed by atoms with Crippen molar-refractivity contribution in [2.75, 3.05) is 25.1 Å². The Kier molecular flexibility index (Phi) is 3.81. The maximum Gasteiger partial charge on any atom is 0.292 e. The summed E-state index contributed by atoms with van der Waals surface area (Å²) in [5.41, 5.74) is 0.880. The number of hydrogen-bond acceptors (Lipinski definition) is 4. The van der Waals surface area contributed by atoms with Crippen LogP contribution in [0.15, 0.2) is 24.3 Å². The molecular formula is C13H18N2O3. The number of ether oxygens (including phenoxy) is 1. The quantitative estimate of drug-likeness (QED) is 0.659. The lowest BCUT2D eigenvalue weighted by Crippen LogP contribution is -2.33. The van der Waals surface area contributed by atoms with Crippen molar-refractivity contribution in [3.63, 3.8) is 0 Å². The van der Waals surface area contributed by atoms with Gasteiger partial charge in [0.25, 0.3) is 5.69 Å².